The SMILES string of the molecule is Cc1ccc(C(F)(F)F)cc1NC(C)c1cccc(Br)c1. The van der Waals surface area contributed by atoms with Crippen LogP contribution in [0.1, 0.15) is 29.7 Å². The number of anilines is 1. The predicted octanol–water partition coefficient (Wildman–Crippen LogP) is 5.95. The second kappa shape index (κ2) is 6.10. The summed E-state index contributed by atoms with van der Waals surface area (Å²) in [6, 6.07) is 11.3. The van der Waals surface area contributed by atoms with Crippen LogP contribution < -0.4 is 5.32 Å². The number of benzene rings is 2. The molecule has 0 saturated carbocycles. The highest BCUT2D eigenvalue weighted by atomic mass is 79.9. The molecule has 0 aliphatic rings. The van der Waals surface area contributed by atoms with E-state index >= 15 is 0 Å². The molecule has 112 valence electrons. The zero-order chi connectivity index (χ0) is 15.6. The van der Waals surface area contributed by atoms with E-state index in [9.17, 15) is 13.2 Å². The van der Waals surface area contributed by atoms with E-state index in [0.717, 1.165) is 27.7 Å². The zero-order valence-electron chi connectivity index (χ0n) is 11.6. The van der Waals surface area contributed by atoms with Crippen LogP contribution in [0.2, 0.25) is 0 Å². The average molecular weight is 358 g/mol. The maximum Gasteiger partial charge on any atom is 0.416 e. The molecular weight excluding hydrogens is 343 g/mol. The second-order valence-corrected chi connectivity index (χ2v) is 5.86. The van der Waals surface area contributed by atoms with Gasteiger partial charge in [0.25, 0.3) is 0 Å². The Bertz CT molecular complexity index is 638. The van der Waals surface area contributed by atoms with Crippen molar-refractivity contribution in [3.63, 3.8) is 0 Å². The number of rotatable bonds is 3. The van der Waals surface area contributed by atoms with Gasteiger partial charge in [-0.3, -0.25) is 0 Å². The summed E-state index contributed by atoms with van der Waals surface area (Å²) in [4.78, 5) is 0. The summed E-state index contributed by atoms with van der Waals surface area (Å²) in [5.74, 6) is 0. The molecule has 0 heterocycles. The van der Waals surface area contributed by atoms with E-state index in [1.165, 1.54) is 6.07 Å². The molecule has 0 spiro atoms. The number of halogens is 4. The average Bonchev–Trinajstić information content (AvgIpc) is 2.40. The van der Waals surface area contributed by atoms with E-state index in [0.29, 0.717) is 5.69 Å². The van der Waals surface area contributed by atoms with Gasteiger partial charge < -0.3 is 5.32 Å². The Morgan fingerprint density at radius 2 is 1.81 bits per heavy atom. The molecule has 1 N–H and O–H groups in total. The van der Waals surface area contributed by atoms with Gasteiger partial charge in [0.05, 0.1) is 5.56 Å². The first-order valence-electron chi connectivity index (χ1n) is 6.47. The first-order valence-corrected chi connectivity index (χ1v) is 7.26. The lowest BCUT2D eigenvalue weighted by atomic mass is 10.1. The van der Waals surface area contributed by atoms with Crippen molar-refractivity contribution in [3.8, 4) is 0 Å². The molecule has 5 heteroatoms. The smallest absolute Gasteiger partial charge is 0.378 e. The van der Waals surface area contributed by atoms with Gasteiger partial charge in [0.15, 0.2) is 0 Å². The maximum atomic E-state index is 12.8. The summed E-state index contributed by atoms with van der Waals surface area (Å²) >= 11 is 3.39. The summed E-state index contributed by atoms with van der Waals surface area (Å²) in [5.41, 5.74) is 1.64. The minimum absolute atomic E-state index is 0.0929. The molecule has 2 aromatic carbocycles. The van der Waals surface area contributed by atoms with Crippen molar-refractivity contribution in [2.45, 2.75) is 26.1 Å². The molecule has 0 saturated heterocycles. The second-order valence-electron chi connectivity index (χ2n) is 4.95. The predicted molar refractivity (Wildman–Crippen MR) is 82.4 cm³/mol. The lowest BCUT2D eigenvalue weighted by Crippen LogP contribution is -2.10. The molecule has 0 amide bonds. The Balaban J connectivity index is 2.26. The van der Waals surface area contributed by atoms with Crippen LogP contribution >= 0.6 is 15.9 Å². The highest BCUT2D eigenvalue weighted by Crippen LogP contribution is 2.33. The molecule has 2 aromatic rings. The molecule has 0 fully saturated rings. The summed E-state index contributed by atoms with van der Waals surface area (Å²) < 4.78 is 39.3. The van der Waals surface area contributed by atoms with Gasteiger partial charge in [-0.05, 0) is 49.2 Å². The number of nitrogens with one attached hydrogen (secondary N) is 1. The fraction of sp³-hybridized carbons (Fsp3) is 0.250. The molecule has 2 rings (SSSR count). The lowest BCUT2D eigenvalue weighted by molar-refractivity contribution is -0.137. The van der Waals surface area contributed by atoms with Crippen LogP contribution in [0.15, 0.2) is 46.9 Å². The van der Waals surface area contributed by atoms with Crippen molar-refractivity contribution in [1.82, 2.24) is 0 Å². The number of hydrogen-bond donors (Lipinski definition) is 1. The standard InChI is InChI=1S/C16H15BrF3N/c1-10-6-7-13(16(18,19)20)9-15(10)21-11(2)12-4-3-5-14(17)8-12/h3-9,11,21H,1-2H3. The third-order valence-electron chi connectivity index (χ3n) is 3.29. The van der Waals surface area contributed by atoms with Crippen molar-refractivity contribution >= 4 is 21.6 Å². The molecule has 0 aromatic heterocycles. The molecule has 0 aliphatic heterocycles. The highest BCUT2D eigenvalue weighted by Gasteiger charge is 2.30. The summed E-state index contributed by atoms with van der Waals surface area (Å²) in [6.07, 6.45) is -4.33. The Hall–Kier alpha value is -1.49. The molecule has 1 atom stereocenters. The Labute approximate surface area is 130 Å². The van der Waals surface area contributed by atoms with Crippen LogP contribution in [-0.4, -0.2) is 0 Å². The van der Waals surface area contributed by atoms with E-state index < -0.39 is 11.7 Å². The minimum Gasteiger partial charge on any atom is -0.378 e. The Morgan fingerprint density at radius 1 is 1.10 bits per heavy atom. The van der Waals surface area contributed by atoms with Gasteiger partial charge in [-0.1, -0.05) is 34.1 Å². The van der Waals surface area contributed by atoms with Crippen LogP contribution in [-0.2, 0) is 6.18 Å². The van der Waals surface area contributed by atoms with Crippen molar-refractivity contribution in [1.29, 1.82) is 0 Å². The van der Waals surface area contributed by atoms with E-state index in [1.807, 2.05) is 31.2 Å². The third kappa shape index (κ3) is 4.00. The Kier molecular flexibility index (Phi) is 4.61. The number of alkyl halides is 3. The fourth-order valence-corrected chi connectivity index (χ4v) is 2.46. The first-order chi connectivity index (χ1) is 9.77. The van der Waals surface area contributed by atoms with E-state index in [1.54, 1.807) is 6.92 Å². The number of hydrogen-bond acceptors (Lipinski definition) is 1. The summed E-state index contributed by atoms with van der Waals surface area (Å²) in [7, 11) is 0. The van der Waals surface area contributed by atoms with Gasteiger partial charge in [0.2, 0.25) is 0 Å². The summed E-state index contributed by atoms with van der Waals surface area (Å²) in [6.45, 7) is 3.71. The van der Waals surface area contributed by atoms with Gasteiger partial charge >= 0.3 is 6.18 Å². The van der Waals surface area contributed by atoms with Gasteiger partial charge in [-0.15, -0.1) is 0 Å². The molecule has 0 aliphatic carbocycles. The van der Waals surface area contributed by atoms with E-state index in [-0.39, 0.29) is 6.04 Å². The van der Waals surface area contributed by atoms with Gasteiger partial charge in [-0.25, -0.2) is 0 Å². The largest absolute Gasteiger partial charge is 0.416 e. The minimum atomic E-state index is -4.33. The van der Waals surface area contributed by atoms with Crippen LogP contribution in [0.25, 0.3) is 0 Å². The highest BCUT2D eigenvalue weighted by molar-refractivity contribution is 9.10. The number of aryl methyl sites for hydroxylation is 1. The normalized spacial score (nSPS) is 13.0. The van der Waals surface area contributed by atoms with Crippen molar-refractivity contribution in [3.05, 3.63) is 63.6 Å². The van der Waals surface area contributed by atoms with Gasteiger partial charge in [0.1, 0.15) is 0 Å². The molecule has 21 heavy (non-hydrogen) atoms. The molecular formula is C16H15BrF3N. The van der Waals surface area contributed by atoms with E-state index in [4.69, 9.17) is 0 Å². The van der Waals surface area contributed by atoms with Crippen LogP contribution in [0, 0.1) is 6.92 Å². The van der Waals surface area contributed by atoms with Crippen molar-refractivity contribution < 1.29 is 13.2 Å². The first kappa shape index (κ1) is 15.9. The van der Waals surface area contributed by atoms with Crippen LogP contribution in [0.3, 0.4) is 0 Å². The third-order valence-corrected chi connectivity index (χ3v) is 3.78. The Morgan fingerprint density at radius 3 is 2.43 bits per heavy atom. The van der Waals surface area contributed by atoms with Crippen LogP contribution in [0.4, 0.5) is 18.9 Å². The van der Waals surface area contributed by atoms with Crippen LogP contribution in [0.5, 0.6) is 0 Å². The topological polar surface area (TPSA) is 12.0 Å². The van der Waals surface area contributed by atoms with Crippen molar-refractivity contribution in [2.75, 3.05) is 5.32 Å². The molecule has 0 bridgehead atoms. The molecule has 1 unspecified atom stereocenters. The van der Waals surface area contributed by atoms with Gasteiger partial charge in [-0.2, -0.15) is 13.2 Å². The fourth-order valence-electron chi connectivity index (χ4n) is 2.05. The van der Waals surface area contributed by atoms with E-state index in [2.05, 4.69) is 21.2 Å². The molecule has 1 nitrogen and oxygen atoms in total. The summed E-state index contributed by atoms with van der Waals surface area (Å²) in [5, 5.41) is 3.15. The quantitative estimate of drug-likeness (QED) is 0.715. The van der Waals surface area contributed by atoms with Crippen molar-refractivity contribution in [2.24, 2.45) is 0 Å². The zero-order valence-corrected chi connectivity index (χ0v) is 13.2. The molecule has 0 radical (unpaired) electrons. The lowest BCUT2D eigenvalue weighted by Gasteiger charge is -2.19. The van der Waals surface area contributed by atoms with Gasteiger partial charge in [0, 0.05) is 16.2 Å². The maximum absolute atomic E-state index is 12.8. The monoisotopic (exact) mass is 357 g/mol.